The summed E-state index contributed by atoms with van der Waals surface area (Å²) in [5.41, 5.74) is -6.17. The zero-order chi connectivity index (χ0) is 13.3. The molecule has 0 aliphatic rings. The van der Waals surface area contributed by atoms with E-state index < -0.39 is 32.0 Å². The molecule has 1 aromatic carbocycles. The lowest BCUT2D eigenvalue weighted by Crippen LogP contribution is -2.28. The molecular weight excluding hydrogens is 267 g/mol. The summed E-state index contributed by atoms with van der Waals surface area (Å²) in [5.74, 6) is -0.781. The zero-order valence-electron chi connectivity index (χ0n) is 7.84. The number of hydrogen-bond acceptors (Lipinski definition) is 5. The molecule has 0 bridgehead atoms. The fourth-order valence-electron chi connectivity index (χ4n) is 0.823. The van der Waals surface area contributed by atoms with Gasteiger partial charge in [0.2, 0.25) is 0 Å². The third kappa shape index (κ3) is 3.06. The fourth-order valence-corrected chi connectivity index (χ4v) is 1.27. The van der Waals surface area contributed by atoms with E-state index in [2.05, 4.69) is 4.18 Å². The van der Waals surface area contributed by atoms with Gasteiger partial charge in [0.05, 0.1) is 11.0 Å². The van der Waals surface area contributed by atoms with E-state index in [9.17, 15) is 31.7 Å². The first kappa shape index (κ1) is 13.2. The Morgan fingerprint density at radius 2 is 1.88 bits per heavy atom. The largest absolute Gasteiger partial charge is 0.534 e. The second-order valence-electron chi connectivity index (χ2n) is 2.74. The van der Waals surface area contributed by atoms with Crippen molar-refractivity contribution < 1.29 is 30.7 Å². The number of non-ortho nitro benzene ring substituents is 1. The van der Waals surface area contributed by atoms with Crippen molar-refractivity contribution in [2.45, 2.75) is 5.51 Å². The minimum atomic E-state index is -5.82. The monoisotopic (exact) mass is 271 g/mol. The van der Waals surface area contributed by atoms with Crippen molar-refractivity contribution in [2.24, 2.45) is 0 Å². The second kappa shape index (κ2) is 4.20. The van der Waals surface area contributed by atoms with E-state index in [1.165, 1.54) is 0 Å². The molecular formula is C7H4F3NO5S. The standard InChI is InChI=1S/C7H4F3NO5S/c8-7(9,10)17(14,15)16-6-3-1-2-5(4-6)11(12)13/h1-4H. The number of hydrogen-bond donors (Lipinski definition) is 0. The van der Waals surface area contributed by atoms with Crippen LogP contribution in [-0.2, 0) is 10.1 Å². The predicted molar refractivity (Wildman–Crippen MR) is 48.7 cm³/mol. The molecule has 0 atom stereocenters. The van der Waals surface area contributed by atoms with Gasteiger partial charge in [-0.25, -0.2) is 0 Å². The summed E-state index contributed by atoms with van der Waals surface area (Å²) in [6, 6.07) is 3.41. The number of nitro benzene ring substituents is 1. The smallest absolute Gasteiger partial charge is 0.376 e. The summed E-state index contributed by atoms with van der Waals surface area (Å²) in [6.07, 6.45) is 0. The molecule has 94 valence electrons. The molecule has 0 saturated heterocycles. The Hall–Kier alpha value is -1.84. The van der Waals surface area contributed by atoms with Gasteiger partial charge >= 0.3 is 15.6 Å². The Balaban J connectivity index is 3.05. The third-order valence-corrected chi connectivity index (χ3v) is 2.50. The van der Waals surface area contributed by atoms with Gasteiger partial charge in [-0.15, -0.1) is 0 Å². The van der Waals surface area contributed by atoms with Crippen molar-refractivity contribution in [3.05, 3.63) is 34.4 Å². The molecule has 0 amide bonds. The van der Waals surface area contributed by atoms with E-state index in [0.29, 0.717) is 6.07 Å². The molecule has 0 N–H and O–H groups in total. The molecule has 0 fully saturated rings. The number of nitrogens with zero attached hydrogens (tertiary/aromatic N) is 1. The molecule has 0 unspecified atom stereocenters. The van der Waals surface area contributed by atoms with E-state index >= 15 is 0 Å². The van der Waals surface area contributed by atoms with Gasteiger partial charge in [0, 0.05) is 6.07 Å². The molecule has 0 spiro atoms. The van der Waals surface area contributed by atoms with Crippen molar-refractivity contribution in [2.75, 3.05) is 0 Å². The molecule has 17 heavy (non-hydrogen) atoms. The van der Waals surface area contributed by atoms with Gasteiger partial charge in [-0.1, -0.05) is 6.07 Å². The lowest BCUT2D eigenvalue weighted by molar-refractivity contribution is -0.384. The maximum Gasteiger partial charge on any atom is 0.534 e. The van der Waals surface area contributed by atoms with E-state index in [0.717, 1.165) is 18.2 Å². The molecule has 0 radical (unpaired) electrons. The number of benzene rings is 1. The SMILES string of the molecule is O=[N+]([O-])c1cccc(OS(=O)(=O)C(F)(F)F)c1. The van der Waals surface area contributed by atoms with Crippen LogP contribution in [0.1, 0.15) is 0 Å². The van der Waals surface area contributed by atoms with Crippen LogP contribution in [0, 0.1) is 10.1 Å². The van der Waals surface area contributed by atoms with E-state index in [1.54, 1.807) is 0 Å². The van der Waals surface area contributed by atoms with Crippen LogP contribution in [0.3, 0.4) is 0 Å². The Morgan fingerprint density at radius 1 is 1.29 bits per heavy atom. The first-order chi connectivity index (χ1) is 7.63. The first-order valence-electron chi connectivity index (χ1n) is 3.89. The molecule has 10 heteroatoms. The lowest BCUT2D eigenvalue weighted by atomic mass is 10.3. The summed E-state index contributed by atoms with van der Waals surface area (Å²) in [5, 5.41) is 10.3. The summed E-state index contributed by atoms with van der Waals surface area (Å²) < 4.78 is 60.7. The number of rotatable bonds is 3. The van der Waals surface area contributed by atoms with Crippen molar-refractivity contribution in [3.8, 4) is 5.75 Å². The van der Waals surface area contributed by atoms with Gasteiger partial charge in [-0.2, -0.15) is 21.6 Å². The summed E-state index contributed by atoms with van der Waals surface area (Å²) in [4.78, 5) is 9.40. The molecule has 0 saturated carbocycles. The lowest BCUT2D eigenvalue weighted by Gasteiger charge is -2.08. The Morgan fingerprint density at radius 3 is 2.35 bits per heavy atom. The van der Waals surface area contributed by atoms with E-state index in [4.69, 9.17) is 0 Å². The molecule has 6 nitrogen and oxygen atoms in total. The predicted octanol–water partition coefficient (Wildman–Crippen LogP) is 1.82. The van der Waals surface area contributed by atoms with Gasteiger partial charge in [0.1, 0.15) is 5.75 Å². The topological polar surface area (TPSA) is 86.5 Å². The van der Waals surface area contributed by atoms with Crippen molar-refractivity contribution in [1.29, 1.82) is 0 Å². The van der Waals surface area contributed by atoms with Crippen LogP contribution in [0.25, 0.3) is 0 Å². The highest BCUT2D eigenvalue weighted by Crippen LogP contribution is 2.28. The molecule has 0 heterocycles. The maximum atomic E-state index is 11.9. The normalized spacial score (nSPS) is 12.2. The van der Waals surface area contributed by atoms with Crippen LogP contribution in [0.4, 0.5) is 18.9 Å². The van der Waals surface area contributed by atoms with E-state index in [1.807, 2.05) is 0 Å². The quantitative estimate of drug-likeness (QED) is 0.362. The minimum Gasteiger partial charge on any atom is -0.376 e. The number of halogens is 3. The number of nitro groups is 1. The summed E-state index contributed by atoms with van der Waals surface area (Å²) >= 11 is 0. The summed E-state index contributed by atoms with van der Waals surface area (Å²) in [7, 11) is -5.82. The number of alkyl halides is 3. The van der Waals surface area contributed by atoms with Crippen molar-refractivity contribution in [1.82, 2.24) is 0 Å². The third-order valence-electron chi connectivity index (χ3n) is 1.52. The Labute approximate surface area is 92.9 Å². The van der Waals surface area contributed by atoms with Crippen molar-refractivity contribution in [3.63, 3.8) is 0 Å². The molecule has 0 aliphatic heterocycles. The highest BCUT2D eigenvalue weighted by atomic mass is 32.2. The molecule has 1 rings (SSSR count). The minimum absolute atomic E-state index is 0.573. The molecule has 1 aromatic rings. The summed E-state index contributed by atoms with van der Waals surface area (Å²) in [6.45, 7) is 0. The van der Waals surface area contributed by atoms with Gasteiger partial charge in [0.15, 0.2) is 0 Å². The second-order valence-corrected chi connectivity index (χ2v) is 4.28. The van der Waals surface area contributed by atoms with Crippen LogP contribution < -0.4 is 4.18 Å². The molecule has 0 aliphatic carbocycles. The van der Waals surface area contributed by atoms with Gasteiger partial charge < -0.3 is 4.18 Å². The van der Waals surface area contributed by atoms with Gasteiger partial charge in [0.25, 0.3) is 5.69 Å². The zero-order valence-corrected chi connectivity index (χ0v) is 8.66. The average Bonchev–Trinajstić information content (AvgIpc) is 2.15. The Bertz CT molecular complexity index is 539. The molecule has 0 aromatic heterocycles. The van der Waals surface area contributed by atoms with Crippen molar-refractivity contribution >= 4 is 15.8 Å². The highest BCUT2D eigenvalue weighted by Gasteiger charge is 2.48. The van der Waals surface area contributed by atoms with Gasteiger partial charge in [-0.3, -0.25) is 10.1 Å². The van der Waals surface area contributed by atoms with Crippen LogP contribution in [-0.4, -0.2) is 18.8 Å². The van der Waals surface area contributed by atoms with Gasteiger partial charge in [-0.05, 0) is 6.07 Å². The Kier molecular flexibility index (Phi) is 3.27. The van der Waals surface area contributed by atoms with Crippen LogP contribution >= 0.6 is 0 Å². The fraction of sp³-hybridized carbons (Fsp3) is 0.143. The van der Waals surface area contributed by atoms with Crippen LogP contribution in [0.2, 0.25) is 0 Å². The van der Waals surface area contributed by atoms with E-state index in [-0.39, 0.29) is 0 Å². The first-order valence-corrected chi connectivity index (χ1v) is 5.29. The van der Waals surface area contributed by atoms with Crippen LogP contribution in [0.15, 0.2) is 24.3 Å². The highest BCUT2D eigenvalue weighted by molar-refractivity contribution is 7.87. The van der Waals surface area contributed by atoms with Crippen LogP contribution in [0.5, 0.6) is 5.75 Å². The average molecular weight is 271 g/mol. The maximum absolute atomic E-state index is 11.9.